The number of nitrogens with zero attached hydrogens (tertiary/aromatic N) is 4. The Kier molecular flexibility index (Phi) is 3.45. The van der Waals surface area contributed by atoms with Crippen molar-refractivity contribution in [3.63, 3.8) is 0 Å². The van der Waals surface area contributed by atoms with E-state index in [1.54, 1.807) is 13.2 Å². The molecule has 6 nitrogen and oxygen atoms in total. The Bertz CT molecular complexity index is 537. The van der Waals surface area contributed by atoms with E-state index in [4.69, 9.17) is 4.74 Å². The average Bonchev–Trinajstić information content (AvgIpc) is 2.69. The van der Waals surface area contributed by atoms with Gasteiger partial charge in [-0.1, -0.05) is 0 Å². The van der Waals surface area contributed by atoms with Gasteiger partial charge in [-0.15, -0.1) is 0 Å². The monoisotopic (exact) mass is 247 g/mol. The lowest BCUT2D eigenvalue weighted by Gasteiger charge is -2.13. The van der Waals surface area contributed by atoms with Gasteiger partial charge in [0.25, 0.3) is 0 Å². The summed E-state index contributed by atoms with van der Waals surface area (Å²) >= 11 is 0. The summed E-state index contributed by atoms with van der Waals surface area (Å²) in [6, 6.07) is 1.89. The van der Waals surface area contributed by atoms with Gasteiger partial charge in [0.2, 0.25) is 5.88 Å². The molecule has 0 aliphatic rings. The van der Waals surface area contributed by atoms with E-state index < -0.39 is 0 Å². The molecule has 0 amide bonds. The third-order valence-corrected chi connectivity index (χ3v) is 2.73. The van der Waals surface area contributed by atoms with Gasteiger partial charge in [-0.05, 0) is 13.8 Å². The largest absolute Gasteiger partial charge is 0.481 e. The average molecular weight is 247 g/mol. The first-order chi connectivity index (χ1) is 8.60. The summed E-state index contributed by atoms with van der Waals surface area (Å²) in [5, 5.41) is 7.63. The van der Waals surface area contributed by atoms with Crippen molar-refractivity contribution in [1.82, 2.24) is 19.7 Å². The molecule has 1 N–H and O–H groups in total. The molecule has 96 valence electrons. The molecule has 0 saturated heterocycles. The molecule has 0 radical (unpaired) electrons. The van der Waals surface area contributed by atoms with E-state index in [2.05, 4.69) is 27.3 Å². The Morgan fingerprint density at radius 2 is 2.17 bits per heavy atom. The number of anilines is 1. The molecule has 2 aromatic rings. The molecule has 2 rings (SSSR count). The van der Waals surface area contributed by atoms with Crippen LogP contribution in [0.15, 0.2) is 18.6 Å². The zero-order chi connectivity index (χ0) is 13.1. The van der Waals surface area contributed by atoms with Crippen LogP contribution in [0.3, 0.4) is 0 Å². The van der Waals surface area contributed by atoms with E-state index in [0.29, 0.717) is 5.88 Å². The molecule has 0 aliphatic heterocycles. The van der Waals surface area contributed by atoms with Gasteiger partial charge >= 0.3 is 0 Å². The van der Waals surface area contributed by atoms with E-state index >= 15 is 0 Å². The molecule has 2 heterocycles. The molecular formula is C12H17N5O. The zero-order valence-corrected chi connectivity index (χ0v) is 11.0. The quantitative estimate of drug-likeness (QED) is 0.890. The van der Waals surface area contributed by atoms with Crippen molar-refractivity contribution in [3.05, 3.63) is 29.8 Å². The van der Waals surface area contributed by atoms with Crippen molar-refractivity contribution in [2.24, 2.45) is 7.05 Å². The van der Waals surface area contributed by atoms with Gasteiger partial charge in [0.15, 0.2) is 0 Å². The maximum absolute atomic E-state index is 5.06. The molecule has 0 spiro atoms. The van der Waals surface area contributed by atoms with Crippen LogP contribution in [0.2, 0.25) is 0 Å². The summed E-state index contributed by atoms with van der Waals surface area (Å²) in [6.45, 7) is 4.06. The summed E-state index contributed by atoms with van der Waals surface area (Å²) in [5.74, 6) is 1.28. The Hall–Kier alpha value is -2.11. The molecule has 18 heavy (non-hydrogen) atoms. The van der Waals surface area contributed by atoms with Gasteiger partial charge in [0.1, 0.15) is 12.1 Å². The fourth-order valence-corrected chi connectivity index (χ4v) is 1.87. The standard InChI is InChI=1S/C12H17N5O/c1-8(10-6-17(3)16-9(10)2)15-11-5-12(18-4)14-7-13-11/h5-8H,1-4H3,(H,13,14,15). The third kappa shape index (κ3) is 2.58. The molecule has 2 aromatic heterocycles. The summed E-state index contributed by atoms with van der Waals surface area (Å²) < 4.78 is 6.87. The second kappa shape index (κ2) is 5.03. The van der Waals surface area contributed by atoms with Crippen LogP contribution in [0, 0.1) is 6.92 Å². The number of hydrogen-bond donors (Lipinski definition) is 1. The highest BCUT2D eigenvalue weighted by Crippen LogP contribution is 2.21. The normalized spacial score (nSPS) is 12.2. The maximum atomic E-state index is 5.06. The zero-order valence-electron chi connectivity index (χ0n) is 11.0. The minimum atomic E-state index is 0.123. The number of hydrogen-bond acceptors (Lipinski definition) is 5. The summed E-state index contributed by atoms with van der Waals surface area (Å²) in [6.07, 6.45) is 3.48. The molecule has 6 heteroatoms. The maximum Gasteiger partial charge on any atom is 0.218 e. The van der Waals surface area contributed by atoms with Crippen LogP contribution < -0.4 is 10.1 Å². The molecule has 0 aliphatic carbocycles. The van der Waals surface area contributed by atoms with Gasteiger partial charge in [-0.25, -0.2) is 9.97 Å². The van der Waals surface area contributed by atoms with Gasteiger partial charge < -0.3 is 10.1 Å². The van der Waals surface area contributed by atoms with Crippen LogP contribution >= 0.6 is 0 Å². The molecular weight excluding hydrogens is 230 g/mol. The van der Waals surface area contributed by atoms with Gasteiger partial charge in [0.05, 0.1) is 18.8 Å². The predicted octanol–water partition coefficient (Wildman–Crippen LogP) is 1.70. The van der Waals surface area contributed by atoms with Crippen molar-refractivity contribution in [2.45, 2.75) is 19.9 Å². The molecule has 1 unspecified atom stereocenters. The Labute approximate surface area is 106 Å². The first-order valence-corrected chi connectivity index (χ1v) is 5.73. The summed E-state index contributed by atoms with van der Waals surface area (Å²) in [4.78, 5) is 8.13. The minimum Gasteiger partial charge on any atom is -0.481 e. The van der Waals surface area contributed by atoms with E-state index in [1.165, 1.54) is 6.33 Å². The van der Waals surface area contributed by atoms with E-state index in [1.807, 2.05) is 24.9 Å². The topological polar surface area (TPSA) is 64.9 Å². The Morgan fingerprint density at radius 3 is 2.78 bits per heavy atom. The lowest BCUT2D eigenvalue weighted by molar-refractivity contribution is 0.397. The lowest BCUT2D eigenvalue weighted by Crippen LogP contribution is -2.08. The van der Waals surface area contributed by atoms with E-state index in [0.717, 1.165) is 17.1 Å². The highest BCUT2D eigenvalue weighted by Gasteiger charge is 2.12. The predicted molar refractivity (Wildman–Crippen MR) is 68.6 cm³/mol. The van der Waals surface area contributed by atoms with Crippen molar-refractivity contribution in [1.29, 1.82) is 0 Å². The summed E-state index contributed by atoms with van der Waals surface area (Å²) in [5.41, 5.74) is 2.16. The Balaban J connectivity index is 2.15. The smallest absolute Gasteiger partial charge is 0.218 e. The molecule has 0 bridgehead atoms. The second-order valence-corrected chi connectivity index (χ2v) is 4.16. The van der Waals surface area contributed by atoms with Crippen molar-refractivity contribution >= 4 is 5.82 Å². The number of nitrogens with one attached hydrogen (secondary N) is 1. The second-order valence-electron chi connectivity index (χ2n) is 4.16. The Morgan fingerprint density at radius 1 is 1.39 bits per heavy atom. The summed E-state index contributed by atoms with van der Waals surface area (Å²) in [7, 11) is 3.50. The van der Waals surface area contributed by atoms with Crippen molar-refractivity contribution < 1.29 is 4.74 Å². The SMILES string of the molecule is COc1cc(NC(C)c2cn(C)nc2C)ncn1. The first-order valence-electron chi connectivity index (χ1n) is 5.73. The van der Waals surface area contributed by atoms with Crippen molar-refractivity contribution in [2.75, 3.05) is 12.4 Å². The van der Waals surface area contributed by atoms with Gasteiger partial charge in [0, 0.05) is 24.9 Å². The van der Waals surface area contributed by atoms with Crippen molar-refractivity contribution in [3.8, 4) is 5.88 Å². The van der Waals surface area contributed by atoms with Crippen LogP contribution in [0.1, 0.15) is 24.2 Å². The minimum absolute atomic E-state index is 0.123. The van der Waals surface area contributed by atoms with Crippen LogP contribution in [-0.2, 0) is 7.05 Å². The highest BCUT2D eigenvalue weighted by molar-refractivity contribution is 5.40. The number of methoxy groups -OCH3 is 1. The lowest BCUT2D eigenvalue weighted by atomic mass is 10.1. The van der Waals surface area contributed by atoms with Gasteiger partial charge in [-0.3, -0.25) is 4.68 Å². The molecule has 1 atom stereocenters. The molecule has 0 saturated carbocycles. The number of aryl methyl sites for hydroxylation is 2. The van der Waals surface area contributed by atoms with Crippen LogP contribution in [0.5, 0.6) is 5.88 Å². The van der Waals surface area contributed by atoms with Crippen LogP contribution in [0.25, 0.3) is 0 Å². The van der Waals surface area contributed by atoms with Crippen LogP contribution in [-0.4, -0.2) is 26.9 Å². The number of aromatic nitrogens is 4. The van der Waals surface area contributed by atoms with Gasteiger partial charge in [-0.2, -0.15) is 5.10 Å². The van der Waals surface area contributed by atoms with E-state index in [-0.39, 0.29) is 6.04 Å². The number of rotatable bonds is 4. The third-order valence-electron chi connectivity index (χ3n) is 2.73. The first kappa shape index (κ1) is 12.3. The number of ether oxygens (including phenoxy) is 1. The fraction of sp³-hybridized carbons (Fsp3) is 0.417. The molecule has 0 fully saturated rings. The van der Waals surface area contributed by atoms with Crippen LogP contribution in [0.4, 0.5) is 5.82 Å². The molecule has 0 aromatic carbocycles. The van der Waals surface area contributed by atoms with E-state index in [9.17, 15) is 0 Å². The fourth-order valence-electron chi connectivity index (χ4n) is 1.87. The highest BCUT2D eigenvalue weighted by atomic mass is 16.5.